The van der Waals surface area contributed by atoms with E-state index in [1.54, 1.807) is 19.1 Å². The maximum atomic E-state index is 12.1. The summed E-state index contributed by atoms with van der Waals surface area (Å²) in [6, 6.07) is 8.99. The van der Waals surface area contributed by atoms with Gasteiger partial charge in [0, 0.05) is 11.4 Å². The molecule has 24 heavy (non-hydrogen) atoms. The molecule has 2 aromatic rings. The summed E-state index contributed by atoms with van der Waals surface area (Å²) in [5, 5.41) is 2.74. The lowest BCUT2D eigenvalue weighted by molar-refractivity contribution is -0.129. The Hall–Kier alpha value is -2.54. The van der Waals surface area contributed by atoms with Gasteiger partial charge in [-0.2, -0.15) is 0 Å². The molecule has 2 heterocycles. The molecule has 6 nitrogen and oxygen atoms in total. The molecule has 1 atom stereocenters. The van der Waals surface area contributed by atoms with Crippen LogP contribution in [-0.2, 0) is 16.1 Å². The van der Waals surface area contributed by atoms with Crippen LogP contribution in [0.4, 0.5) is 0 Å². The number of thiophene rings is 1. The summed E-state index contributed by atoms with van der Waals surface area (Å²) in [5.74, 6) is 0.515. The van der Waals surface area contributed by atoms with Crippen molar-refractivity contribution in [3.63, 3.8) is 0 Å². The molecule has 1 aliphatic heterocycles. The molecular formula is C17H17NO5S. The van der Waals surface area contributed by atoms with Gasteiger partial charge in [-0.15, -0.1) is 11.3 Å². The molecule has 1 aromatic carbocycles. The molecule has 0 fully saturated rings. The second kappa shape index (κ2) is 6.92. The van der Waals surface area contributed by atoms with Gasteiger partial charge in [0.1, 0.15) is 4.88 Å². The van der Waals surface area contributed by atoms with Crippen LogP contribution in [0.25, 0.3) is 0 Å². The Morgan fingerprint density at radius 2 is 2.04 bits per heavy atom. The first-order chi connectivity index (χ1) is 11.5. The van der Waals surface area contributed by atoms with E-state index in [2.05, 4.69) is 5.32 Å². The number of esters is 1. The molecular weight excluding hydrogens is 330 g/mol. The lowest BCUT2D eigenvalue weighted by atomic mass is 10.2. The number of amides is 1. The minimum Gasteiger partial charge on any atom is -0.454 e. The van der Waals surface area contributed by atoms with Crippen molar-refractivity contribution in [3.8, 4) is 11.5 Å². The van der Waals surface area contributed by atoms with Gasteiger partial charge in [0.15, 0.2) is 17.6 Å². The highest BCUT2D eigenvalue weighted by Crippen LogP contribution is 2.32. The molecule has 1 aliphatic rings. The molecule has 0 saturated carbocycles. The Balaban J connectivity index is 1.52. The second-order valence-corrected chi connectivity index (χ2v) is 6.65. The van der Waals surface area contributed by atoms with Crippen molar-refractivity contribution in [2.75, 3.05) is 6.79 Å². The van der Waals surface area contributed by atoms with E-state index in [0.29, 0.717) is 22.9 Å². The summed E-state index contributed by atoms with van der Waals surface area (Å²) < 4.78 is 15.7. The van der Waals surface area contributed by atoms with E-state index in [1.165, 1.54) is 11.3 Å². The first-order valence-corrected chi connectivity index (χ1v) is 8.28. The molecule has 1 amide bonds. The number of aryl methyl sites for hydroxylation is 1. The van der Waals surface area contributed by atoms with Gasteiger partial charge in [-0.1, -0.05) is 6.07 Å². The highest BCUT2D eigenvalue weighted by molar-refractivity contribution is 7.13. The summed E-state index contributed by atoms with van der Waals surface area (Å²) >= 11 is 1.34. The Kier molecular flexibility index (Phi) is 4.71. The summed E-state index contributed by atoms with van der Waals surface area (Å²) in [4.78, 5) is 25.5. The third-order valence-corrected chi connectivity index (χ3v) is 4.48. The first-order valence-electron chi connectivity index (χ1n) is 7.46. The van der Waals surface area contributed by atoms with E-state index in [0.717, 1.165) is 10.4 Å². The zero-order valence-corrected chi connectivity index (χ0v) is 14.1. The molecule has 1 aromatic heterocycles. The van der Waals surface area contributed by atoms with Crippen LogP contribution in [0.5, 0.6) is 11.5 Å². The number of hydrogen-bond acceptors (Lipinski definition) is 6. The fraction of sp³-hybridized carbons (Fsp3) is 0.294. The van der Waals surface area contributed by atoms with Crippen molar-refractivity contribution in [3.05, 3.63) is 45.6 Å². The van der Waals surface area contributed by atoms with E-state index < -0.39 is 12.1 Å². The second-order valence-electron chi connectivity index (χ2n) is 5.36. The standard InChI is InChI=1S/C17H17NO5S/c1-10-3-6-15(24-10)17(20)23-11(2)16(19)18-8-12-4-5-13-14(7-12)22-9-21-13/h3-7,11H,8-9H2,1-2H3,(H,18,19)/t11-/m0/s1. The highest BCUT2D eigenvalue weighted by atomic mass is 32.1. The Morgan fingerprint density at radius 3 is 2.79 bits per heavy atom. The number of nitrogens with one attached hydrogen (secondary N) is 1. The Labute approximate surface area is 143 Å². The number of rotatable bonds is 5. The van der Waals surface area contributed by atoms with Crippen LogP contribution < -0.4 is 14.8 Å². The van der Waals surface area contributed by atoms with Crippen molar-refractivity contribution in [2.45, 2.75) is 26.5 Å². The van der Waals surface area contributed by atoms with Gasteiger partial charge in [-0.25, -0.2) is 4.79 Å². The number of benzene rings is 1. The van der Waals surface area contributed by atoms with Gasteiger partial charge >= 0.3 is 5.97 Å². The van der Waals surface area contributed by atoms with Crippen LogP contribution in [-0.4, -0.2) is 24.8 Å². The molecule has 0 spiro atoms. The number of fused-ring (bicyclic) bond motifs is 1. The predicted molar refractivity (Wildman–Crippen MR) is 88.3 cm³/mol. The number of carbonyl (C=O) groups excluding carboxylic acids is 2. The number of hydrogen-bond donors (Lipinski definition) is 1. The van der Waals surface area contributed by atoms with Crippen molar-refractivity contribution in [1.82, 2.24) is 5.32 Å². The van der Waals surface area contributed by atoms with Crippen molar-refractivity contribution >= 4 is 23.2 Å². The van der Waals surface area contributed by atoms with E-state index in [9.17, 15) is 9.59 Å². The van der Waals surface area contributed by atoms with Crippen LogP contribution >= 0.6 is 11.3 Å². The van der Waals surface area contributed by atoms with E-state index in [4.69, 9.17) is 14.2 Å². The zero-order chi connectivity index (χ0) is 17.1. The lowest BCUT2D eigenvalue weighted by Crippen LogP contribution is -2.35. The van der Waals surface area contributed by atoms with Crippen LogP contribution in [0.3, 0.4) is 0 Å². The van der Waals surface area contributed by atoms with Crippen LogP contribution in [0.15, 0.2) is 30.3 Å². The maximum absolute atomic E-state index is 12.1. The minimum atomic E-state index is -0.867. The van der Waals surface area contributed by atoms with Crippen LogP contribution in [0, 0.1) is 6.92 Å². The number of carbonyl (C=O) groups is 2. The van der Waals surface area contributed by atoms with Crippen molar-refractivity contribution in [1.29, 1.82) is 0 Å². The third-order valence-electron chi connectivity index (χ3n) is 3.50. The average molecular weight is 347 g/mol. The molecule has 3 rings (SSSR count). The quantitative estimate of drug-likeness (QED) is 0.842. The highest BCUT2D eigenvalue weighted by Gasteiger charge is 2.20. The van der Waals surface area contributed by atoms with Crippen LogP contribution in [0.2, 0.25) is 0 Å². The van der Waals surface area contributed by atoms with Gasteiger partial charge in [0.05, 0.1) is 0 Å². The topological polar surface area (TPSA) is 73.9 Å². The van der Waals surface area contributed by atoms with E-state index in [-0.39, 0.29) is 12.7 Å². The summed E-state index contributed by atoms with van der Waals surface area (Å²) in [5.41, 5.74) is 0.875. The Morgan fingerprint density at radius 1 is 1.25 bits per heavy atom. The molecule has 7 heteroatoms. The first kappa shape index (κ1) is 16.3. The Bertz CT molecular complexity index is 770. The summed E-state index contributed by atoms with van der Waals surface area (Å²) in [7, 11) is 0. The molecule has 126 valence electrons. The third kappa shape index (κ3) is 3.68. The summed E-state index contributed by atoms with van der Waals surface area (Å²) in [6.45, 7) is 3.98. The summed E-state index contributed by atoms with van der Waals surface area (Å²) in [6.07, 6.45) is -0.867. The van der Waals surface area contributed by atoms with Crippen LogP contribution in [0.1, 0.15) is 27.0 Å². The zero-order valence-electron chi connectivity index (χ0n) is 13.3. The van der Waals surface area contributed by atoms with Gasteiger partial charge in [-0.3, -0.25) is 4.79 Å². The largest absolute Gasteiger partial charge is 0.454 e. The SMILES string of the molecule is Cc1ccc(C(=O)O[C@@H](C)C(=O)NCc2ccc3c(c2)OCO3)s1. The smallest absolute Gasteiger partial charge is 0.349 e. The predicted octanol–water partition coefficient (Wildman–Crippen LogP) is 2.65. The average Bonchev–Trinajstić information content (AvgIpc) is 3.20. The van der Waals surface area contributed by atoms with Gasteiger partial charge in [0.2, 0.25) is 6.79 Å². The fourth-order valence-corrected chi connectivity index (χ4v) is 2.95. The normalized spacial score (nSPS) is 13.4. The molecule has 0 bridgehead atoms. The molecule has 0 radical (unpaired) electrons. The minimum absolute atomic E-state index is 0.209. The van der Waals surface area contributed by atoms with Gasteiger partial charge in [0.25, 0.3) is 5.91 Å². The maximum Gasteiger partial charge on any atom is 0.349 e. The lowest BCUT2D eigenvalue weighted by Gasteiger charge is -2.13. The van der Waals surface area contributed by atoms with Crippen molar-refractivity contribution < 1.29 is 23.8 Å². The number of ether oxygens (including phenoxy) is 3. The molecule has 0 unspecified atom stereocenters. The monoisotopic (exact) mass is 347 g/mol. The van der Waals surface area contributed by atoms with Gasteiger partial charge < -0.3 is 19.5 Å². The van der Waals surface area contributed by atoms with E-state index in [1.807, 2.05) is 25.1 Å². The van der Waals surface area contributed by atoms with Gasteiger partial charge in [-0.05, 0) is 43.7 Å². The van der Waals surface area contributed by atoms with Crippen molar-refractivity contribution in [2.24, 2.45) is 0 Å². The van der Waals surface area contributed by atoms with E-state index >= 15 is 0 Å². The fourth-order valence-electron chi connectivity index (χ4n) is 2.20. The molecule has 0 aliphatic carbocycles. The molecule has 0 saturated heterocycles. The molecule has 1 N–H and O–H groups in total.